The van der Waals surface area contributed by atoms with Gasteiger partial charge in [-0.3, -0.25) is 9.69 Å². The van der Waals surface area contributed by atoms with Crippen LogP contribution in [0.25, 0.3) is 10.9 Å². The van der Waals surface area contributed by atoms with Crippen LogP contribution in [0, 0.1) is 0 Å². The summed E-state index contributed by atoms with van der Waals surface area (Å²) in [7, 11) is 1.24. The maximum absolute atomic E-state index is 11.8. The van der Waals surface area contributed by atoms with Crippen molar-refractivity contribution in [1.29, 1.82) is 0 Å². The zero-order valence-corrected chi connectivity index (χ0v) is 15.0. The molecule has 0 saturated carbocycles. The molecule has 1 N–H and O–H groups in total. The van der Waals surface area contributed by atoms with Crippen molar-refractivity contribution >= 4 is 35.2 Å². The second kappa shape index (κ2) is 8.87. The number of likely N-dealkylation sites (tertiary alicyclic amines) is 1. The van der Waals surface area contributed by atoms with Crippen LogP contribution >= 0.6 is 12.4 Å². The van der Waals surface area contributed by atoms with Crippen molar-refractivity contribution in [1.82, 2.24) is 9.88 Å². The summed E-state index contributed by atoms with van der Waals surface area (Å²) < 4.78 is 9.51. The molecule has 0 radical (unpaired) electrons. The predicted molar refractivity (Wildman–Crippen MR) is 97.2 cm³/mol. The second-order valence-electron chi connectivity index (χ2n) is 6.04. The number of fused-ring (bicyclic) bond motifs is 1. The SMILES string of the molecule is COC(=O)OC1CN(CCCc2c[nH]c3ccccc23)CCC1=O.Cl. The number of hydrogen-bond acceptors (Lipinski definition) is 5. The number of nitrogens with one attached hydrogen (secondary N) is 1. The number of benzene rings is 1. The molecule has 1 fully saturated rings. The monoisotopic (exact) mass is 366 g/mol. The minimum absolute atomic E-state index is 0. The van der Waals surface area contributed by atoms with Crippen LogP contribution in [-0.4, -0.2) is 54.7 Å². The molecule has 7 heteroatoms. The molecular formula is C18H23ClN2O4. The Morgan fingerprint density at radius 1 is 1.36 bits per heavy atom. The number of H-pyrrole nitrogens is 1. The molecule has 1 aromatic carbocycles. The molecule has 25 heavy (non-hydrogen) atoms. The van der Waals surface area contributed by atoms with Crippen molar-refractivity contribution in [2.75, 3.05) is 26.7 Å². The number of carbonyl (C=O) groups excluding carboxylic acids is 2. The highest BCUT2D eigenvalue weighted by Crippen LogP contribution is 2.19. The number of nitrogens with zero attached hydrogens (tertiary/aromatic N) is 1. The quantitative estimate of drug-likeness (QED) is 0.824. The van der Waals surface area contributed by atoms with Crippen LogP contribution < -0.4 is 0 Å². The fourth-order valence-corrected chi connectivity index (χ4v) is 3.16. The number of ketones is 1. The van der Waals surface area contributed by atoms with Gasteiger partial charge in [-0.1, -0.05) is 18.2 Å². The molecule has 1 aliphatic heterocycles. The lowest BCUT2D eigenvalue weighted by Gasteiger charge is -2.30. The van der Waals surface area contributed by atoms with E-state index in [0.717, 1.165) is 24.9 Å². The third-order valence-corrected chi connectivity index (χ3v) is 4.46. The number of ether oxygens (including phenoxy) is 2. The molecule has 3 rings (SSSR count). The molecule has 0 bridgehead atoms. The number of rotatable bonds is 5. The van der Waals surface area contributed by atoms with E-state index in [2.05, 4.69) is 33.0 Å². The lowest BCUT2D eigenvalue weighted by molar-refractivity contribution is -0.133. The fourth-order valence-electron chi connectivity index (χ4n) is 3.16. The molecule has 1 aliphatic rings. The maximum atomic E-state index is 11.8. The zero-order chi connectivity index (χ0) is 16.9. The lowest BCUT2D eigenvalue weighted by Crippen LogP contribution is -2.46. The van der Waals surface area contributed by atoms with Crippen molar-refractivity contribution < 1.29 is 19.1 Å². The summed E-state index contributed by atoms with van der Waals surface area (Å²) in [4.78, 5) is 28.5. The number of aromatic amines is 1. The Morgan fingerprint density at radius 3 is 2.96 bits per heavy atom. The standard InChI is InChI=1S/C18H22N2O4.ClH/c1-23-18(22)24-17-12-20(10-8-16(17)21)9-4-5-13-11-19-15-7-3-2-6-14(13)15;/h2-3,6-7,11,17,19H,4-5,8-10,12H2,1H3;1H. The average molecular weight is 367 g/mol. The molecule has 2 heterocycles. The fraction of sp³-hybridized carbons (Fsp3) is 0.444. The van der Waals surface area contributed by atoms with Crippen molar-refractivity contribution in [3.8, 4) is 0 Å². The molecule has 0 spiro atoms. The van der Waals surface area contributed by atoms with Crippen molar-refractivity contribution in [3.63, 3.8) is 0 Å². The van der Waals surface area contributed by atoms with E-state index in [9.17, 15) is 9.59 Å². The Kier molecular flexibility index (Phi) is 6.84. The highest BCUT2D eigenvalue weighted by atomic mass is 35.5. The van der Waals surface area contributed by atoms with E-state index < -0.39 is 12.3 Å². The summed E-state index contributed by atoms with van der Waals surface area (Å²) in [6, 6.07) is 8.27. The Bertz CT molecular complexity index is 731. The predicted octanol–water partition coefficient (Wildman–Crippen LogP) is 2.95. The third kappa shape index (κ3) is 4.74. The third-order valence-electron chi connectivity index (χ3n) is 4.46. The molecule has 2 aromatic rings. The van der Waals surface area contributed by atoms with Gasteiger partial charge in [0.25, 0.3) is 0 Å². The minimum atomic E-state index is -0.797. The van der Waals surface area contributed by atoms with Gasteiger partial charge in [0.05, 0.1) is 7.11 Å². The van der Waals surface area contributed by atoms with Gasteiger partial charge in [-0.25, -0.2) is 4.79 Å². The molecule has 0 amide bonds. The Hall–Kier alpha value is -2.05. The topological polar surface area (TPSA) is 71.6 Å². The van der Waals surface area contributed by atoms with Gasteiger partial charge in [-0.2, -0.15) is 0 Å². The molecule has 0 aliphatic carbocycles. The summed E-state index contributed by atoms with van der Waals surface area (Å²) in [6.45, 7) is 2.03. The van der Waals surface area contributed by atoms with Gasteiger partial charge in [0, 0.05) is 36.6 Å². The number of methoxy groups -OCH3 is 1. The summed E-state index contributed by atoms with van der Waals surface area (Å²) in [5.41, 5.74) is 2.46. The van der Waals surface area contributed by atoms with Gasteiger partial charge >= 0.3 is 6.16 Å². The Balaban J connectivity index is 0.00000225. The highest BCUT2D eigenvalue weighted by molar-refractivity contribution is 5.86. The van der Waals surface area contributed by atoms with E-state index in [1.54, 1.807) is 0 Å². The van der Waals surface area contributed by atoms with Crippen LogP contribution in [0.5, 0.6) is 0 Å². The summed E-state index contributed by atoms with van der Waals surface area (Å²) in [6.07, 6.45) is 2.92. The number of hydrogen-bond donors (Lipinski definition) is 1. The van der Waals surface area contributed by atoms with Crippen LogP contribution in [0.2, 0.25) is 0 Å². The normalized spacial score (nSPS) is 18.0. The van der Waals surface area contributed by atoms with Crippen LogP contribution in [0.3, 0.4) is 0 Å². The average Bonchev–Trinajstić information content (AvgIpc) is 3.01. The first-order valence-electron chi connectivity index (χ1n) is 8.22. The second-order valence-corrected chi connectivity index (χ2v) is 6.04. The lowest BCUT2D eigenvalue weighted by atomic mass is 10.0. The highest BCUT2D eigenvalue weighted by Gasteiger charge is 2.30. The number of Topliss-reactive ketones (excluding diaryl/α,β-unsaturated/α-hetero) is 1. The number of para-hydroxylation sites is 1. The molecule has 1 aromatic heterocycles. The smallest absolute Gasteiger partial charge is 0.438 e. The van der Waals surface area contributed by atoms with Crippen molar-refractivity contribution in [2.45, 2.75) is 25.4 Å². The largest absolute Gasteiger partial charge is 0.508 e. The first-order valence-corrected chi connectivity index (χ1v) is 8.22. The van der Waals surface area contributed by atoms with Crippen molar-refractivity contribution in [2.24, 2.45) is 0 Å². The molecule has 1 unspecified atom stereocenters. The van der Waals surface area contributed by atoms with E-state index >= 15 is 0 Å². The zero-order valence-electron chi connectivity index (χ0n) is 14.2. The van der Waals surface area contributed by atoms with Crippen LogP contribution in [0.1, 0.15) is 18.4 Å². The molecular weight excluding hydrogens is 344 g/mol. The van der Waals surface area contributed by atoms with Crippen molar-refractivity contribution in [3.05, 3.63) is 36.0 Å². The molecule has 6 nitrogen and oxygen atoms in total. The van der Waals surface area contributed by atoms with Gasteiger partial charge in [-0.15, -0.1) is 12.4 Å². The van der Waals surface area contributed by atoms with Gasteiger partial charge in [0.2, 0.25) is 0 Å². The minimum Gasteiger partial charge on any atom is -0.438 e. The number of piperidine rings is 1. The van der Waals surface area contributed by atoms with Crippen LogP contribution in [0.15, 0.2) is 30.5 Å². The number of aromatic nitrogens is 1. The number of halogens is 1. The van der Waals surface area contributed by atoms with Gasteiger partial charge < -0.3 is 14.5 Å². The maximum Gasteiger partial charge on any atom is 0.508 e. The van der Waals surface area contributed by atoms with Crippen LogP contribution in [-0.2, 0) is 20.7 Å². The Morgan fingerprint density at radius 2 is 2.16 bits per heavy atom. The van der Waals surface area contributed by atoms with E-state index in [4.69, 9.17) is 4.74 Å². The Labute approximate surface area is 152 Å². The van der Waals surface area contributed by atoms with E-state index in [-0.39, 0.29) is 18.2 Å². The van der Waals surface area contributed by atoms with Crippen LogP contribution in [0.4, 0.5) is 4.79 Å². The molecule has 1 saturated heterocycles. The molecule has 136 valence electrons. The van der Waals surface area contributed by atoms with E-state index in [1.165, 1.54) is 18.1 Å². The van der Waals surface area contributed by atoms with Gasteiger partial charge in [-0.05, 0) is 31.0 Å². The van der Waals surface area contributed by atoms with Gasteiger partial charge in [0.15, 0.2) is 11.9 Å². The van der Waals surface area contributed by atoms with E-state index in [1.807, 2.05) is 12.1 Å². The number of aryl methyl sites for hydroxylation is 1. The summed E-state index contributed by atoms with van der Waals surface area (Å²) >= 11 is 0. The summed E-state index contributed by atoms with van der Waals surface area (Å²) in [5, 5.41) is 1.26. The number of carbonyl (C=O) groups is 2. The molecule has 1 atom stereocenters. The first kappa shape index (κ1) is 19.3. The first-order chi connectivity index (χ1) is 11.7. The van der Waals surface area contributed by atoms with E-state index in [0.29, 0.717) is 19.5 Å². The summed E-state index contributed by atoms with van der Waals surface area (Å²) in [5.74, 6) is -0.0340. The van der Waals surface area contributed by atoms with Gasteiger partial charge in [0.1, 0.15) is 0 Å².